The first-order chi connectivity index (χ1) is 68.6. The van der Waals surface area contributed by atoms with Gasteiger partial charge in [-0.2, -0.15) is 87.8 Å². The summed E-state index contributed by atoms with van der Waals surface area (Å²) in [6, 6.07) is 0. The van der Waals surface area contributed by atoms with Gasteiger partial charge in [-0.3, -0.25) is 4.79 Å². The van der Waals surface area contributed by atoms with Crippen molar-refractivity contribution in [2.45, 2.75) is 126 Å². The number of halogens is 30. The van der Waals surface area contributed by atoms with Gasteiger partial charge in [0.05, 0.1) is 98.9 Å². The summed E-state index contributed by atoms with van der Waals surface area (Å²) in [6.45, 7) is -5.79. The van der Waals surface area contributed by atoms with Crippen molar-refractivity contribution in [2.24, 2.45) is 0 Å². The van der Waals surface area contributed by atoms with Gasteiger partial charge in [0, 0.05) is 47.9 Å². The Morgan fingerprint density at radius 1 is 0.233 bits per heavy atom. The Labute approximate surface area is 823 Å². The highest BCUT2D eigenvalue weighted by Crippen LogP contribution is 2.40. The summed E-state index contributed by atoms with van der Waals surface area (Å²) in [7, 11) is 0. The number of amides is 4. The smallest absolute Gasteiger partial charge is 0.463 e. The van der Waals surface area contributed by atoms with Gasteiger partial charge in [-0.1, -0.05) is 39.5 Å². The third-order valence-corrected chi connectivity index (χ3v) is 12.4. The summed E-state index contributed by atoms with van der Waals surface area (Å²) in [4.78, 5) is 121. The van der Waals surface area contributed by atoms with Gasteiger partial charge in [0.1, 0.15) is 66.1 Å². The van der Waals surface area contributed by atoms with Gasteiger partial charge in [-0.15, -0.1) is 43.9 Å². The molecule has 0 aromatic heterocycles. The molecule has 0 fully saturated rings. The molecule has 0 aromatic rings. The van der Waals surface area contributed by atoms with Crippen molar-refractivity contribution in [3.63, 3.8) is 0 Å². The molecule has 0 saturated heterocycles. The monoisotopic (exact) mass is 2280 g/mol. The second kappa shape index (κ2) is 73.2. The maximum Gasteiger partial charge on any atom is 0.495 e. The molecule has 0 atom stereocenters. The maximum atomic E-state index is 13.5. The van der Waals surface area contributed by atoms with Gasteiger partial charge in [0.25, 0.3) is 0 Å². The van der Waals surface area contributed by atoms with Gasteiger partial charge >= 0.3 is 159 Å². The lowest BCUT2D eigenvalue weighted by molar-refractivity contribution is -0.519. The van der Waals surface area contributed by atoms with E-state index in [9.17, 15) is 184 Å². The van der Waals surface area contributed by atoms with Crippen molar-refractivity contribution in [3.8, 4) is 0 Å². The number of hydrogen-bond donors (Lipinski definition) is 8. The minimum absolute atomic E-state index is 0.0492. The Kier molecular flexibility index (Phi) is 71.9. The molecule has 150 heavy (non-hydrogen) atoms. The van der Waals surface area contributed by atoms with Gasteiger partial charge in [0.15, 0.2) is 33.0 Å². The molecule has 0 saturated carbocycles. The molecule has 0 aliphatic carbocycles. The molecule has 8 N–H and O–H groups in total. The van der Waals surface area contributed by atoms with Crippen LogP contribution < -0.4 is 21.3 Å². The zero-order chi connectivity index (χ0) is 117. The molecule has 4 amide bonds. The van der Waals surface area contributed by atoms with E-state index in [-0.39, 0.29) is 88.8 Å². The Balaban J connectivity index is -0.000000589. The highest BCUT2D eigenvalue weighted by Gasteiger charge is 2.58. The van der Waals surface area contributed by atoms with E-state index >= 15 is 0 Å². The molecule has 76 heteroatoms. The summed E-state index contributed by atoms with van der Waals surface area (Å²) < 4.78 is 496. The van der Waals surface area contributed by atoms with Crippen molar-refractivity contribution >= 4 is 66.2 Å². The number of alkyl carbamates (subject to hydrolysis) is 4. The van der Waals surface area contributed by atoms with Crippen LogP contribution in [0.2, 0.25) is 0 Å². The first-order valence-corrected chi connectivity index (χ1v) is 39.9. The van der Waals surface area contributed by atoms with Crippen molar-refractivity contribution < 1.29 is 333 Å². The van der Waals surface area contributed by atoms with Crippen molar-refractivity contribution in [3.05, 3.63) is 74.4 Å². The molecule has 0 spiro atoms. The minimum Gasteiger partial charge on any atom is -0.463 e. The quantitative estimate of drug-likeness (QED) is 0.00705. The Morgan fingerprint density at radius 2 is 0.427 bits per heavy atom. The van der Waals surface area contributed by atoms with E-state index in [2.05, 4.69) is 158 Å². The van der Waals surface area contributed by atoms with E-state index in [4.69, 9.17) is 29.9 Å². The number of carbonyl (C=O) groups excluding carboxylic acids is 11. The molecule has 0 bridgehead atoms. The number of ether oxygens (including phenoxy) is 27. The molecule has 0 aromatic carbocycles. The van der Waals surface area contributed by atoms with Gasteiger partial charge in [0.2, 0.25) is 0 Å². The van der Waals surface area contributed by atoms with Gasteiger partial charge in [-0.05, 0) is 27.2 Å². The maximum absolute atomic E-state index is 13.5. The fourth-order valence-corrected chi connectivity index (χ4v) is 6.95. The van der Waals surface area contributed by atoms with Crippen LogP contribution in [0.25, 0.3) is 0 Å². The van der Waals surface area contributed by atoms with Crippen molar-refractivity contribution in [2.75, 3.05) is 205 Å². The van der Waals surface area contributed by atoms with Crippen LogP contribution in [0, 0.1) is 0 Å². The standard InChI is InChI=1S/C20H25F6NO11.C16H23F6NO9.C14H19F6NO8.C13H17F6NO8.C11H14F6O6/c1-3-14(28)33-8-5-6-16(30)35-11-10-32-12-18(21,22)37-20(25,26)38-19(23,24)13-36-17(31)27-7-9-34-15(29)4-2;1-11(2)12(25)29-8-7-27-5-3-23-13(26)30-10-15(19,20)32-16(21,22)31-14(17,18)9-28-6-4-24;1-9(2)10(23)26-5-3-21-11(24)27-8-13(17,18)29-14(19,20)28-12(15,16)7-25-6-4-22;1-2-9(22)25-5-3-20-10(23)26-8-12(16,17)28-13(18,19)27-11(14,15)7-24-6-4-21;1-7(2)8(19)21-6-10(14,15)23-11(16,17)22-9(12,13)5-20-4-3-18/h3-4H,1-2,5-13H2,(H,27,31);24H,1,3-10H2,2H3,(H,23,26);22H,1,3-8H2,2H3,(H,21,24);2,21H,1,3-8H2,(H,20,23);18H,1,3-6H2,2H3. The van der Waals surface area contributed by atoms with Gasteiger partial charge < -0.3 is 122 Å². The van der Waals surface area contributed by atoms with Crippen LogP contribution in [0.4, 0.5) is 151 Å². The Hall–Kier alpha value is -11.1. The van der Waals surface area contributed by atoms with Crippen LogP contribution in [-0.2, 0) is 161 Å². The summed E-state index contributed by atoms with van der Waals surface area (Å²) in [5.74, 6) is -5.90. The minimum atomic E-state index is -5.56. The second-order valence-electron chi connectivity index (χ2n) is 26.1. The molecular weight excluding hydrogens is 2190 g/mol. The largest absolute Gasteiger partial charge is 0.495 e. The predicted octanol–water partition coefficient (Wildman–Crippen LogP) is 8.62. The third-order valence-electron chi connectivity index (χ3n) is 12.4. The Bertz CT molecular complexity index is 4050. The highest BCUT2D eigenvalue weighted by atomic mass is 19.4. The van der Waals surface area contributed by atoms with E-state index in [1.807, 2.05) is 21.3 Å². The molecule has 0 rings (SSSR count). The zero-order valence-electron chi connectivity index (χ0n) is 77.5. The first kappa shape index (κ1) is 147. The number of alkyl halides is 30. The fourth-order valence-electron chi connectivity index (χ4n) is 6.95. The lowest BCUT2D eigenvalue weighted by Gasteiger charge is -2.26. The third kappa shape index (κ3) is 89.7. The number of aliphatic hydroxyl groups is 4. The summed E-state index contributed by atoms with van der Waals surface area (Å²) in [5, 5.41) is 40.6. The summed E-state index contributed by atoms with van der Waals surface area (Å²) in [5.41, 5.74) is -0.0466. The topological polar surface area (TPSA) is 566 Å². The van der Waals surface area contributed by atoms with Gasteiger partial charge in [-0.25, -0.2) is 95.3 Å². The fraction of sp³-hybridized carbons (Fsp3) is 0.689. The lowest BCUT2D eigenvalue weighted by Crippen LogP contribution is -2.44. The van der Waals surface area contributed by atoms with Crippen LogP contribution in [0.5, 0.6) is 0 Å². The second-order valence-corrected chi connectivity index (χ2v) is 26.1. The van der Waals surface area contributed by atoms with Crippen molar-refractivity contribution in [1.29, 1.82) is 0 Å². The van der Waals surface area contributed by atoms with Crippen LogP contribution in [0.3, 0.4) is 0 Å². The summed E-state index contributed by atoms with van der Waals surface area (Å²) >= 11 is 0. The molecular formula is C74H98F30N4O42. The highest BCUT2D eigenvalue weighted by molar-refractivity contribution is 5.88. The molecule has 0 unspecified atom stereocenters. The predicted molar refractivity (Wildman–Crippen MR) is 417 cm³/mol. The van der Waals surface area contributed by atoms with Crippen LogP contribution in [0.1, 0.15) is 33.6 Å². The van der Waals surface area contributed by atoms with E-state index in [1.54, 1.807) is 0 Å². The van der Waals surface area contributed by atoms with E-state index < -0.39 is 304 Å². The van der Waals surface area contributed by atoms with E-state index in [0.717, 1.165) is 25.2 Å². The number of hydrogen-bond acceptors (Lipinski definition) is 42. The number of rotatable bonds is 76. The molecule has 876 valence electrons. The number of aliphatic hydroxyl groups excluding tert-OH is 4. The lowest BCUT2D eigenvalue weighted by atomic mass is 10.3. The average Bonchev–Trinajstić information content (AvgIpc) is 0.851. The molecule has 0 aliphatic heterocycles. The zero-order valence-corrected chi connectivity index (χ0v) is 77.5. The SMILES string of the molecule is C=C(C)C(=O)OCC(F)(F)OC(F)(F)OC(F)(F)COCCO.C=C(C)C(=O)OCCNC(=O)OCC(F)(F)OC(F)(F)OC(F)(F)COCCO.C=C(C)C(=O)OCCOCCNC(=O)OCC(F)(F)OC(F)(F)OC(F)(F)COCCO.C=CC(=O)OCCCC(=O)OCCOCC(F)(F)OC(F)(F)OC(F)(F)COC(=O)NCCOC(=O)C=C.C=CC(=O)OCCNC(=O)OCC(F)(F)OC(F)(F)OC(F)(F)COCCO. The Morgan fingerprint density at radius 3 is 0.667 bits per heavy atom. The molecule has 0 heterocycles. The van der Waals surface area contributed by atoms with Crippen molar-refractivity contribution in [1.82, 2.24) is 21.3 Å². The van der Waals surface area contributed by atoms with Crippen LogP contribution >= 0.6 is 0 Å². The molecule has 0 radical (unpaired) electrons. The van der Waals surface area contributed by atoms with E-state index in [1.165, 1.54) is 13.8 Å². The number of carbonyl (C=O) groups is 11. The van der Waals surface area contributed by atoms with E-state index in [0.29, 0.717) is 0 Å². The van der Waals surface area contributed by atoms with Crippen LogP contribution in [-0.4, -0.2) is 384 Å². The summed E-state index contributed by atoms with van der Waals surface area (Å²) in [6.07, 6.45) is -79.2. The molecule has 0 aliphatic rings. The normalized spacial score (nSPS) is 12.3. The average molecular weight is 2290 g/mol. The molecule has 46 nitrogen and oxygen atoms in total. The number of nitrogens with one attached hydrogen (secondary N) is 4. The van der Waals surface area contributed by atoms with Crippen LogP contribution in [0.15, 0.2) is 74.4 Å². The number of esters is 7. The first-order valence-electron chi connectivity index (χ1n) is 39.9.